The van der Waals surface area contributed by atoms with E-state index in [1.807, 2.05) is 0 Å². The zero-order valence-electron chi connectivity index (χ0n) is 19.0. The minimum Gasteiger partial charge on any atom is -0.478 e. The van der Waals surface area contributed by atoms with Crippen LogP contribution in [0.3, 0.4) is 0 Å². The summed E-state index contributed by atoms with van der Waals surface area (Å²) in [6.45, 7) is 5.32. The van der Waals surface area contributed by atoms with Gasteiger partial charge >= 0.3 is 5.97 Å². The van der Waals surface area contributed by atoms with Crippen LogP contribution in [0.5, 0.6) is 0 Å². The van der Waals surface area contributed by atoms with E-state index in [1.54, 1.807) is 24.3 Å². The molecule has 0 atom stereocenters. The van der Waals surface area contributed by atoms with Crippen molar-refractivity contribution in [3.8, 4) is 11.3 Å². The van der Waals surface area contributed by atoms with E-state index in [0.717, 1.165) is 5.56 Å². The van der Waals surface area contributed by atoms with Crippen LogP contribution >= 0.6 is 0 Å². The molecule has 35 heavy (non-hydrogen) atoms. The molecule has 1 aromatic carbocycles. The molecule has 2 aliphatic heterocycles. The predicted octanol–water partition coefficient (Wildman–Crippen LogP) is 1.95. The van der Waals surface area contributed by atoms with Crippen LogP contribution in [-0.4, -0.2) is 84.8 Å². The van der Waals surface area contributed by atoms with Crippen molar-refractivity contribution in [1.29, 1.82) is 0 Å². The van der Waals surface area contributed by atoms with E-state index in [9.17, 15) is 4.79 Å². The maximum Gasteiger partial charge on any atom is 0.335 e. The summed E-state index contributed by atoms with van der Waals surface area (Å²) in [4.78, 5) is 28.9. The summed E-state index contributed by atoms with van der Waals surface area (Å²) < 4.78 is 16.7. The van der Waals surface area contributed by atoms with Crippen molar-refractivity contribution in [3.63, 3.8) is 0 Å². The summed E-state index contributed by atoms with van der Waals surface area (Å²) >= 11 is 0. The maximum absolute atomic E-state index is 11.0. The number of furan rings is 1. The molecule has 182 valence electrons. The molecular formula is C23H25N7O5. The Kier molecular flexibility index (Phi) is 6.82. The van der Waals surface area contributed by atoms with Gasteiger partial charge in [0.05, 0.1) is 38.2 Å². The quantitative estimate of drug-likeness (QED) is 0.380. The van der Waals surface area contributed by atoms with Gasteiger partial charge in [-0.3, -0.25) is 0 Å². The SMILES string of the molecule is O=C(O)c1ccc(-c2ccc(/C=N/Nc3nc(N4CCOCC4)nc(N4CCOCC4)n3)o2)cc1. The Bertz CT molecular complexity index is 1150. The van der Waals surface area contributed by atoms with Gasteiger partial charge in [0.25, 0.3) is 0 Å². The first kappa shape index (κ1) is 22.7. The molecule has 2 fully saturated rings. The molecule has 2 N–H and O–H groups in total. The number of carbonyl (C=O) groups is 1. The minimum atomic E-state index is -0.971. The number of benzene rings is 1. The molecule has 2 saturated heterocycles. The first-order valence-electron chi connectivity index (χ1n) is 11.3. The number of hydrogen-bond donors (Lipinski definition) is 2. The summed E-state index contributed by atoms with van der Waals surface area (Å²) in [7, 11) is 0. The third-order valence-corrected chi connectivity index (χ3v) is 5.60. The molecule has 4 heterocycles. The van der Waals surface area contributed by atoms with Gasteiger partial charge in [-0.25, -0.2) is 10.2 Å². The van der Waals surface area contributed by atoms with Gasteiger partial charge in [0.2, 0.25) is 17.8 Å². The number of aromatic nitrogens is 3. The van der Waals surface area contributed by atoms with E-state index in [0.29, 0.717) is 82.0 Å². The monoisotopic (exact) mass is 479 g/mol. The van der Waals surface area contributed by atoms with Crippen LogP contribution in [0, 0.1) is 0 Å². The first-order valence-corrected chi connectivity index (χ1v) is 11.3. The van der Waals surface area contributed by atoms with Gasteiger partial charge in [0, 0.05) is 31.7 Å². The number of rotatable bonds is 7. The summed E-state index contributed by atoms with van der Waals surface area (Å²) in [6.07, 6.45) is 1.53. The number of aromatic carboxylic acids is 1. The second kappa shape index (κ2) is 10.5. The van der Waals surface area contributed by atoms with Gasteiger partial charge in [-0.2, -0.15) is 20.1 Å². The Morgan fingerprint density at radius 2 is 1.49 bits per heavy atom. The van der Waals surface area contributed by atoms with E-state index in [4.69, 9.17) is 19.0 Å². The van der Waals surface area contributed by atoms with Crippen molar-refractivity contribution in [3.05, 3.63) is 47.7 Å². The Morgan fingerprint density at radius 1 is 0.886 bits per heavy atom. The molecule has 2 aliphatic rings. The van der Waals surface area contributed by atoms with E-state index >= 15 is 0 Å². The molecular weight excluding hydrogens is 454 g/mol. The molecule has 2 aromatic heterocycles. The lowest BCUT2D eigenvalue weighted by atomic mass is 10.1. The maximum atomic E-state index is 11.0. The Hall–Kier alpha value is -4.03. The first-order chi connectivity index (χ1) is 17.2. The zero-order chi connectivity index (χ0) is 24.0. The summed E-state index contributed by atoms with van der Waals surface area (Å²) in [5, 5.41) is 13.3. The largest absolute Gasteiger partial charge is 0.478 e. The van der Waals surface area contributed by atoms with Crippen molar-refractivity contribution < 1.29 is 23.8 Å². The summed E-state index contributed by atoms with van der Waals surface area (Å²) in [5.41, 5.74) is 3.88. The van der Waals surface area contributed by atoms with E-state index in [1.165, 1.54) is 18.3 Å². The Labute approximate surface area is 201 Å². The third-order valence-electron chi connectivity index (χ3n) is 5.60. The van der Waals surface area contributed by atoms with Crippen molar-refractivity contribution in [2.24, 2.45) is 5.10 Å². The fourth-order valence-electron chi connectivity index (χ4n) is 3.72. The zero-order valence-corrected chi connectivity index (χ0v) is 19.0. The van der Waals surface area contributed by atoms with Gasteiger partial charge in [-0.05, 0) is 24.3 Å². The van der Waals surface area contributed by atoms with Crippen molar-refractivity contribution in [2.75, 3.05) is 67.8 Å². The highest BCUT2D eigenvalue weighted by atomic mass is 16.5. The van der Waals surface area contributed by atoms with Crippen molar-refractivity contribution in [2.45, 2.75) is 0 Å². The number of ether oxygens (including phenoxy) is 2. The van der Waals surface area contributed by atoms with Crippen LogP contribution < -0.4 is 15.2 Å². The highest BCUT2D eigenvalue weighted by Gasteiger charge is 2.20. The van der Waals surface area contributed by atoms with Gasteiger partial charge in [0.1, 0.15) is 11.5 Å². The average molecular weight is 479 g/mol. The van der Waals surface area contributed by atoms with Crippen molar-refractivity contribution in [1.82, 2.24) is 15.0 Å². The smallest absolute Gasteiger partial charge is 0.335 e. The predicted molar refractivity (Wildman–Crippen MR) is 128 cm³/mol. The number of carboxylic acids is 1. The van der Waals surface area contributed by atoms with Crippen LogP contribution in [0.2, 0.25) is 0 Å². The van der Waals surface area contributed by atoms with Crippen LogP contribution in [0.4, 0.5) is 17.8 Å². The molecule has 0 aliphatic carbocycles. The van der Waals surface area contributed by atoms with Gasteiger partial charge in [-0.1, -0.05) is 12.1 Å². The standard InChI is InChI=1S/C23H25N7O5/c31-20(32)17-3-1-16(2-4-17)19-6-5-18(35-19)15-24-28-21-25-22(29-7-11-33-12-8-29)27-23(26-21)30-9-13-34-14-10-30/h1-6,15H,7-14H2,(H,31,32)(H,25,26,27,28)/b24-15+. The van der Waals surface area contributed by atoms with Crippen LogP contribution in [0.25, 0.3) is 11.3 Å². The number of anilines is 3. The number of hydrogen-bond acceptors (Lipinski definition) is 11. The van der Waals surface area contributed by atoms with E-state index in [2.05, 4.69) is 35.3 Å². The highest BCUT2D eigenvalue weighted by molar-refractivity contribution is 5.88. The number of morpholine rings is 2. The van der Waals surface area contributed by atoms with E-state index < -0.39 is 5.97 Å². The molecule has 0 spiro atoms. The third kappa shape index (κ3) is 5.55. The lowest BCUT2D eigenvalue weighted by molar-refractivity contribution is 0.0697. The lowest BCUT2D eigenvalue weighted by Crippen LogP contribution is -2.40. The number of nitrogens with zero attached hydrogens (tertiary/aromatic N) is 6. The number of nitrogens with one attached hydrogen (secondary N) is 1. The van der Waals surface area contributed by atoms with Crippen LogP contribution in [0.15, 0.2) is 45.9 Å². The highest BCUT2D eigenvalue weighted by Crippen LogP contribution is 2.22. The van der Waals surface area contributed by atoms with Gasteiger partial charge < -0.3 is 28.8 Å². The molecule has 0 bridgehead atoms. The minimum absolute atomic E-state index is 0.219. The summed E-state index contributed by atoms with van der Waals surface area (Å²) in [6, 6.07) is 10.0. The molecule has 3 aromatic rings. The lowest BCUT2D eigenvalue weighted by Gasteiger charge is -2.30. The Balaban J connectivity index is 1.31. The molecule has 12 heteroatoms. The normalized spacial score (nSPS) is 16.6. The average Bonchev–Trinajstić information content (AvgIpc) is 3.38. The number of carboxylic acid groups (broad SMARTS) is 1. The van der Waals surface area contributed by atoms with Crippen LogP contribution in [0.1, 0.15) is 16.1 Å². The Morgan fingerprint density at radius 3 is 2.06 bits per heavy atom. The van der Waals surface area contributed by atoms with Gasteiger partial charge in [0.15, 0.2) is 0 Å². The molecule has 0 saturated carbocycles. The fourth-order valence-corrected chi connectivity index (χ4v) is 3.72. The second-order valence-electron chi connectivity index (χ2n) is 7.91. The fraction of sp³-hybridized carbons (Fsp3) is 0.348. The molecule has 0 amide bonds. The number of hydrazone groups is 1. The molecule has 5 rings (SSSR count). The second-order valence-corrected chi connectivity index (χ2v) is 7.91. The van der Waals surface area contributed by atoms with E-state index in [-0.39, 0.29) is 5.56 Å². The summed E-state index contributed by atoms with van der Waals surface area (Å²) in [5.74, 6) is 1.63. The molecule has 0 radical (unpaired) electrons. The van der Waals surface area contributed by atoms with Gasteiger partial charge in [-0.15, -0.1) is 0 Å². The molecule has 0 unspecified atom stereocenters. The molecule has 12 nitrogen and oxygen atoms in total. The van der Waals surface area contributed by atoms with Crippen molar-refractivity contribution >= 4 is 30.0 Å². The van der Waals surface area contributed by atoms with Crippen LogP contribution in [-0.2, 0) is 9.47 Å². The topological polar surface area (TPSA) is 138 Å².